The van der Waals surface area contributed by atoms with E-state index in [1.807, 2.05) is 29.2 Å². The Morgan fingerprint density at radius 2 is 1.89 bits per heavy atom. The predicted octanol–water partition coefficient (Wildman–Crippen LogP) is 5.50. The topological polar surface area (TPSA) is 76.1 Å². The first-order valence-corrected chi connectivity index (χ1v) is 15.8. The zero-order chi connectivity index (χ0) is 26.2. The van der Waals surface area contributed by atoms with Crippen LogP contribution in [0.4, 0.5) is 0 Å². The van der Waals surface area contributed by atoms with Crippen LogP contribution >= 0.6 is 0 Å². The number of likely N-dealkylation sites (tertiary alicyclic amines) is 1. The molecule has 1 aliphatic heterocycles. The average Bonchev–Trinajstić information content (AvgIpc) is 3.14. The molecule has 35 heavy (non-hydrogen) atoms. The van der Waals surface area contributed by atoms with E-state index in [1.165, 1.54) is 7.11 Å². The lowest BCUT2D eigenvalue weighted by molar-refractivity contribution is -0.128. The highest BCUT2D eigenvalue weighted by molar-refractivity contribution is 6.74. The van der Waals surface area contributed by atoms with E-state index in [1.54, 1.807) is 12.1 Å². The molecule has 1 aromatic rings. The minimum Gasteiger partial charge on any atom is -0.465 e. The number of hydrogen-bond acceptors (Lipinski definition) is 5. The Kier molecular flexibility index (Phi) is 10.7. The van der Waals surface area contributed by atoms with Gasteiger partial charge in [-0.3, -0.25) is 4.79 Å². The first-order chi connectivity index (χ1) is 16.3. The van der Waals surface area contributed by atoms with Gasteiger partial charge in [0.25, 0.3) is 0 Å². The molecule has 196 valence electrons. The number of ether oxygens (including phenoxy) is 1. The van der Waals surface area contributed by atoms with Gasteiger partial charge in [0.05, 0.1) is 24.8 Å². The number of benzene rings is 1. The quantitative estimate of drug-likeness (QED) is 0.231. The number of aliphatic hydroxyl groups excluding tert-OH is 1. The molecule has 7 heteroatoms. The van der Waals surface area contributed by atoms with Crippen molar-refractivity contribution in [2.75, 3.05) is 13.7 Å². The number of methoxy groups -OCH3 is 1. The maximum Gasteiger partial charge on any atom is 0.337 e. The third-order valence-electron chi connectivity index (χ3n) is 7.36. The fourth-order valence-corrected chi connectivity index (χ4v) is 5.60. The molecule has 0 bridgehead atoms. The molecule has 1 aliphatic rings. The summed E-state index contributed by atoms with van der Waals surface area (Å²) in [5.41, 5.74) is 1.58. The van der Waals surface area contributed by atoms with Crippen molar-refractivity contribution in [2.45, 2.75) is 103 Å². The molecule has 2 rings (SSSR count). The third kappa shape index (κ3) is 8.88. The number of carbonyl (C=O) groups is 2. The van der Waals surface area contributed by atoms with Crippen LogP contribution in [-0.4, -0.2) is 62.1 Å². The molecule has 1 aromatic carbocycles. The fourth-order valence-electron chi connectivity index (χ4n) is 4.13. The van der Waals surface area contributed by atoms with Crippen molar-refractivity contribution in [2.24, 2.45) is 0 Å². The molecule has 0 radical (unpaired) electrons. The van der Waals surface area contributed by atoms with Gasteiger partial charge in [0.15, 0.2) is 8.32 Å². The maximum absolute atomic E-state index is 12.4. The van der Waals surface area contributed by atoms with Crippen LogP contribution in [-0.2, 0) is 20.4 Å². The van der Waals surface area contributed by atoms with Crippen molar-refractivity contribution in [1.29, 1.82) is 0 Å². The summed E-state index contributed by atoms with van der Waals surface area (Å²) in [6.07, 6.45) is 8.06. The van der Waals surface area contributed by atoms with Crippen LogP contribution in [0.3, 0.4) is 0 Å². The molecular formula is C28H45NO5Si. The van der Waals surface area contributed by atoms with Crippen LogP contribution < -0.4 is 0 Å². The van der Waals surface area contributed by atoms with Crippen LogP contribution in [0.15, 0.2) is 36.4 Å². The summed E-state index contributed by atoms with van der Waals surface area (Å²) in [6.45, 7) is 14.0. The van der Waals surface area contributed by atoms with Crippen LogP contribution in [0.25, 0.3) is 0 Å². The van der Waals surface area contributed by atoms with E-state index >= 15 is 0 Å². The molecule has 0 aromatic heterocycles. The highest BCUT2D eigenvalue weighted by atomic mass is 28.4. The van der Waals surface area contributed by atoms with Gasteiger partial charge in [-0.25, -0.2) is 4.79 Å². The number of amides is 1. The minimum absolute atomic E-state index is 0.0207. The Morgan fingerprint density at radius 1 is 1.23 bits per heavy atom. The largest absolute Gasteiger partial charge is 0.465 e. The average molecular weight is 504 g/mol. The van der Waals surface area contributed by atoms with Gasteiger partial charge < -0.3 is 19.2 Å². The van der Waals surface area contributed by atoms with Gasteiger partial charge in [0, 0.05) is 19.1 Å². The van der Waals surface area contributed by atoms with Gasteiger partial charge in [-0.05, 0) is 74.9 Å². The summed E-state index contributed by atoms with van der Waals surface area (Å²) in [5, 5.41) is 10.7. The van der Waals surface area contributed by atoms with Crippen LogP contribution in [0.5, 0.6) is 0 Å². The van der Waals surface area contributed by atoms with Gasteiger partial charge in [0.1, 0.15) is 0 Å². The number of hydrogen-bond donors (Lipinski definition) is 1. The highest BCUT2D eigenvalue weighted by Gasteiger charge is 2.38. The summed E-state index contributed by atoms with van der Waals surface area (Å²) in [4.78, 5) is 25.9. The standard InChI is InChI=1S/C28H45NO5Si/c1-21(34-35(6,7)28(2,3)4)9-8-10-25(30)17-15-24-16-18-26(31)29(24)20-19-22-11-13-23(14-12-22)27(32)33-5/h11-15,17,21,24-25,30H,8-10,16,18-20H2,1-7H3/b17-15+/t21-,24+,25+/m1/s1. The van der Waals surface area contributed by atoms with Crippen LogP contribution in [0.1, 0.15) is 75.7 Å². The molecule has 0 spiro atoms. The summed E-state index contributed by atoms with van der Waals surface area (Å²) in [5.74, 6) is -0.204. The molecule has 3 atom stereocenters. The molecule has 1 fully saturated rings. The lowest BCUT2D eigenvalue weighted by Crippen LogP contribution is -2.43. The van der Waals surface area contributed by atoms with Crippen LogP contribution in [0, 0.1) is 0 Å². The molecule has 6 nitrogen and oxygen atoms in total. The summed E-state index contributed by atoms with van der Waals surface area (Å²) < 4.78 is 11.1. The van der Waals surface area contributed by atoms with E-state index in [9.17, 15) is 14.7 Å². The number of rotatable bonds is 12. The van der Waals surface area contributed by atoms with E-state index in [2.05, 4.69) is 40.8 Å². The SMILES string of the molecule is COC(=O)c1ccc(CCN2C(=O)CC[C@@H]2/C=C/[C@@H](O)CCC[C@@H](C)O[Si](C)(C)C(C)(C)C)cc1. The normalized spacial score (nSPS) is 18.8. The molecule has 1 saturated heterocycles. The van der Waals surface area contributed by atoms with Crippen molar-refractivity contribution in [3.8, 4) is 0 Å². The number of nitrogens with zero attached hydrogens (tertiary/aromatic N) is 1. The first kappa shape index (κ1) is 29.3. The van der Waals surface area contributed by atoms with E-state index in [4.69, 9.17) is 9.16 Å². The lowest BCUT2D eigenvalue weighted by atomic mass is 10.1. The molecule has 1 N–H and O–H groups in total. The summed E-state index contributed by atoms with van der Waals surface area (Å²) >= 11 is 0. The second kappa shape index (κ2) is 12.8. The molecule has 1 heterocycles. The predicted molar refractivity (Wildman–Crippen MR) is 143 cm³/mol. The van der Waals surface area contributed by atoms with E-state index in [-0.39, 0.29) is 29.1 Å². The van der Waals surface area contributed by atoms with E-state index in [0.717, 1.165) is 24.8 Å². The number of esters is 1. The monoisotopic (exact) mass is 503 g/mol. The van der Waals surface area contributed by atoms with Crippen LogP contribution in [0.2, 0.25) is 18.1 Å². The second-order valence-electron chi connectivity index (χ2n) is 11.2. The van der Waals surface area contributed by atoms with Crippen molar-refractivity contribution in [3.63, 3.8) is 0 Å². The molecule has 0 unspecified atom stereocenters. The Labute approximate surface area is 212 Å². The Balaban J connectivity index is 1.80. The van der Waals surface area contributed by atoms with Crippen molar-refractivity contribution >= 4 is 20.2 Å². The molecule has 0 aliphatic carbocycles. The summed E-state index contributed by atoms with van der Waals surface area (Å²) in [6, 6.07) is 7.32. The molecule has 0 saturated carbocycles. The number of aliphatic hydroxyl groups is 1. The third-order valence-corrected chi connectivity index (χ3v) is 12.0. The van der Waals surface area contributed by atoms with Gasteiger partial charge in [0.2, 0.25) is 5.91 Å². The maximum atomic E-state index is 12.4. The van der Waals surface area contributed by atoms with E-state index < -0.39 is 14.4 Å². The van der Waals surface area contributed by atoms with Gasteiger partial charge in [-0.1, -0.05) is 45.1 Å². The lowest BCUT2D eigenvalue weighted by Gasteiger charge is -2.38. The van der Waals surface area contributed by atoms with E-state index in [0.29, 0.717) is 31.4 Å². The zero-order valence-electron chi connectivity index (χ0n) is 22.7. The van der Waals surface area contributed by atoms with Gasteiger partial charge in [-0.15, -0.1) is 0 Å². The molecular weight excluding hydrogens is 458 g/mol. The Bertz CT molecular complexity index is 859. The second-order valence-corrected chi connectivity index (χ2v) is 16.0. The van der Waals surface area contributed by atoms with Crippen molar-refractivity contribution in [1.82, 2.24) is 4.90 Å². The number of carbonyl (C=O) groups excluding carboxylic acids is 2. The fraction of sp³-hybridized carbons (Fsp3) is 0.643. The Hall–Kier alpha value is -1.96. The Morgan fingerprint density at radius 3 is 2.49 bits per heavy atom. The molecule has 1 amide bonds. The van der Waals surface area contributed by atoms with Crippen molar-refractivity contribution in [3.05, 3.63) is 47.5 Å². The zero-order valence-corrected chi connectivity index (χ0v) is 23.7. The van der Waals surface area contributed by atoms with Gasteiger partial charge in [-0.2, -0.15) is 0 Å². The minimum atomic E-state index is -1.77. The smallest absolute Gasteiger partial charge is 0.337 e. The summed E-state index contributed by atoms with van der Waals surface area (Å²) in [7, 11) is -0.403. The van der Waals surface area contributed by atoms with Crippen molar-refractivity contribution < 1.29 is 23.9 Å². The first-order valence-electron chi connectivity index (χ1n) is 12.8. The highest BCUT2D eigenvalue weighted by Crippen LogP contribution is 2.37. The van der Waals surface area contributed by atoms with Gasteiger partial charge >= 0.3 is 5.97 Å².